The quantitative estimate of drug-likeness (QED) is 0.866. The number of carboxylic acid groups (broad SMARTS) is 1. The van der Waals surface area contributed by atoms with Gasteiger partial charge < -0.3 is 15.2 Å². The highest BCUT2D eigenvalue weighted by atomic mass is 16.5. The van der Waals surface area contributed by atoms with E-state index in [9.17, 15) is 4.79 Å². The molecule has 0 spiro atoms. The van der Waals surface area contributed by atoms with Gasteiger partial charge in [0.15, 0.2) is 0 Å². The van der Waals surface area contributed by atoms with Gasteiger partial charge in [0.1, 0.15) is 5.75 Å². The van der Waals surface area contributed by atoms with Gasteiger partial charge in [0.05, 0.1) is 13.5 Å². The van der Waals surface area contributed by atoms with Gasteiger partial charge in [-0.15, -0.1) is 0 Å². The number of nitrogens with one attached hydrogen (secondary N) is 1. The molecule has 19 heavy (non-hydrogen) atoms. The summed E-state index contributed by atoms with van der Waals surface area (Å²) in [4.78, 5) is 11.0. The van der Waals surface area contributed by atoms with Crippen LogP contribution >= 0.6 is 0 Å². The lowest BCUT2D eigenvalue weighted by molar-refractivity contribution is -0.137. The molecule has 0 saturated carbocycles. The molecule has 0 aliphatic heterocycles. The molecule has 0 bridgehead atoms. The Bertz CT molecular complexity index is 595. The Hall–Kier alpha value is -2.07. The molecule has 4 nitrogen and oxygen atoms in total. The van der Waals surface area contributed by atoms with Crippen molar-refractivity contribution in [3.63, 3.8) is 0 Å². The van der Waals surface area contributed by atoms with Crippen molar-refractivity contribution in [2.75, 3.05) is 14.2 Å². The summed E-state index contributed by atoms with van der Waals surface area (Å²) in [6, 6.07) is 11.5. The zero-order valence-corrected chi connectivity index (χ0v) is 11.0. The minimum absolute atomic E-state index is 0.0147. The van der Waals surface area contributed by atoms with Crippen molar-refractivity contribution in [1.29, 1.82) is 0 Å². The highest BCUT2D eigenvalue weighted by Crippen LogP contribution is 2.34. The fourth-order valence-electron chi connectivity index (χ4n) is 2.34. The molecule has 0 amide bonds. The van der Waals surface area contributed by atoms with E-state index in [1.54, 1.807) is 14.2 Å². The number of carboxylic acids is 1. The zero-order valence-electron chi connectivity index (χ0n) is 11.0. The summed E-state index contributed by atoms with van der Waals surface area (Å²) in [7, 11) is 3.36. The summed E-state index contributed by atoms with van der Waals surface area (Å²) in [6.07, 6.45) is 0.0147. The van der Waals surface area contributed by atoms with Gasteiger partial charge in [-0.1, -0.05) is 30.3 Å². The van der Waals surface area contributed by atoms with Crippen LogP contribution in [0.25, 0.3) is 10.8 Å². The monoisotopic (exact) mass is 259 g/mol. The van der Waals surface area contributed by atoms with Gasteiger partial charge in [-0.05, 0) is 23.9 Å². The average Bonchev–Trinajstić information content (AvgIpc) is 2.43. The van der Waals surface area contributed by atoms with Crippen LogP contribution in [0.1, 0.15) is 18.0 Å². The van der Waals surface area contributed by atoms with Crippen molar-refractivity contribution in [1.82, 2.24) is 5.32 Å². The van der Waals surface area contributed by atoms with Gasteiger partial charge in [0.25, 0.3) is 0 Å². The van der Waals surface area contributed by atoms with Crippen molar-refractivity contribution in [2.24, 2.45) is 0 Å². The fourth-order valence-corrected chi connectivity index (χ4v) is 2.34. The summed E-state index contributed by atoms with van der Waals surface area (Å²) in [5, 5.41) is 14.2. The predicted molar refractivity (Wildman–Crippen MR) is 74.6 cm³/mol. The van der Waals surface area contributed by atoms with E-state index in [1.807, 2.05) is 36.4 Å². The SMILES string of the molecule is CNC(CC(=O)O)c1c(OC)ccc2ccccc12. The Balaban J connectivity index is 2.63. The number of hydrogen-bond donors (Lipinski definition) is 2. The number of methoxy groups -OCH3 is 1. The first-order valence-electron chi connectivity index (χ1n) is 6.12. The number of rotatable bonds is 5. The molecule has 4 heteroatoms. The summed E-state index contributed by atoms with van der Waals surface area (Å²) < 4.78 is 5.38. The standard InChI is InChI=1S/C15H17NO3/c1-16-12(9-14(17)18)15-11-6-4-3-5-10(11)7-8-13(15)19-2/h3-8,12,16H,9H2,1-2H3,(H,17,18). The molecule has 0 aromatic heterocycles. The van der Waals surface area contributed by atoms with Crippen molar-refractivity contribution < 1.29 is 14.6 Å². The first kappa shape index (κ1) is 13.4. The molecule has 2 N–H and O–H groups in total. The Labute approximate surface area is 112 Å². The molecular formula is C15H17NO3. The molecule has 2 aromatic carbocycles. The summed E-state index contributed by atoms with van der Waals surface area (Å²) >= 11 is 0. The molecule has 0 aliphatic rings. The van der Waals surface area contributed by atoms with Gasteiger partial charge in [-0.3, -0.25) is 4.79 Å². The lowest BCUT2D eigenvalue weighted by Gasteiger charge is -2.20. The maximum Gasteiger partial charge on any atom is 0.305 e. The minimum atomic E-state index is -0.839. The Morgan fingerprint density at radius 2 is 2.05 bits per heavy atom. The molecule has 1 atom stereocenters. The third-order valence-corrected chi connectivity index (χ3v) is 3.23. The second-order valence-electron chi connectivity index (χ2n) is 4.34. The lowest BCUT2D eigenvalue weighted by Crippen LogP contribution is -2.20. The van der Waals surface area contributed by atoms with Crippen LogP contribution in [0.2, 0.25) is 0 Å². The third-order valence-electron chi connectivity index (χ3n) is 3.23. The maximum absolute atomic E-state index is 11.0. The van der Waals surface area contributed by atoms with E-state index in [0.717, 1.165) is 16.3 Å². The third kappa shape index (κ3) is 2.69. The van der Waals surface area contributed by atoms with Crippen LogP contribution in [0, 0.1) is 0 Å². The Kier molecular flexibility index (Phi) is 4.02. The van der Waals surface area contributed by atoms with Crippen LogP contribution in [0.3, 0.4) is 0 Å². The topological polar surface area (TPSA) is 58.6 Å². The van der Waals surface area contributed by atoms with Crippen molar-refractivity contribution in [2.45, 2.75) is 12.5 Å². The molecular weight excluding hydrogens is 242 g/mol. The van der Waals surface area contributed by atoms with E-state index in [0.29, 0.717) is 5.75 Å². The number of benzene rings is 2. The van der Waals surface area contributed by atoms with Gasteiger partial charge in [-0.25, -0.2) is 0 Å². The van der Waals surface area contributed by atoms with Gasteiger partial charge in [0, 0.05) is 11.6 Å². The first-order valence-corrected chi connectivity index (χ1v) is 6.12. The van der Waals surface area contributed by atoms with E-state index in [-0.39, 0.29) is 12.5 Å². The number of fused-ring (bicyclic) bond motifs is 1. The average molecular weight is 259 g/mol. The molecule has 0 saturated heterocycles. The van der Waals surface area contributed by atoms with E-state index in [2.05, 4.69) is 5.32 Å². The van der Waals surface area contributed by atoms with Crippen LogP contribution in [0.15, 0.2) is 36.4 Å². The lowest BCUT2D eigenvalue weighted by atomic mass is 9.95. The normalized spacial score (nSPS) is 12.3. The molecule has 0 radical (unpaired) electrons. The molecule has 2 aromatic rings. The fraction of sp³-hybridized carbons (Fsp3) is 0.267. The Morgan fingerprint density at radius 1 is 1.32 bits per heavy atom. The number of carbonyl (C=O) groups is 1. The van der Waals surface area contributed by atoms with Crippen LogP contribution in [-0.2, 0) is 4.79 Å². The molecule has 100 valence electrons. The summed E-state index contributed by atoms with van der Waals surface area (Å²) in [6.45, 7) is 0. The van der Waals surface area contributed by atoms with Crippen LogP contribution < -0.4 is 10.1 Å². The predicted octanol–water partition coefficient (Wildman–Crippen LogP) is 2.58. The second-order valence-corrected chi connectivity index (χ2v) is 4.34. The van der Waals surface area contributed by atoms with E-state index >= 15 is 0 Å². The van der Waals surface area contributed by atoms with Crippen molar-refractivity contribution >= 4 is 16.7 Å². The van der Waals surface area contributed by atoms with Crippen LogP contribution in [0.4, 0.5) is 0 Å². The molecule has 2 rings (SSSR count). The maximum atomic E-state index is 11.0. The van der Waals surface area contributed by atoms with Gasteiger partial charge >= 0.3 is 5.97 Å². The Morgan fingerprint density at radius 3 is 2.68 bits per heavy atom. The van der Waals surface area contributed by atoms with Gasteiger partial charge in [0.2, 0.25) is 0 Å². The number of ether oxygens (including phenoxy) is 1. The smallest absolute Gasteiger partial charge is 0.305 e. The molecule has 1 unspecified atom stereocenters. The summed E-state index contributed by atoms with van der Waals surface area (Å²) in [5.41, 5.74) is 0.894. The van der Waals surface area contributed by atoms with E-state index < -0.39 is 5.97 Å². The molecule has 0 aliphatic carbocycles. The number of aliphatic carboxylic acids is 1. The van der Waals surface area contributed by atoms with Gasteiger partial charge in [-0.2, -0.15) is 0 Å². The largest absolute Gasteiger partial charge is 0.496 e. The second kappa shape index (κ2) is 5.71. The van der Waals surface area contributed by atoms with Crippen LogP contribution in [0.5, 0.6) is 5.75 Å². The van der Waals surface area contributed by atoms with E-state index in [4.69, 9.17) is 9.84 Å². The van der Waals surface area contributed by atoms with Crippen molar-refractivity contribution in [3.8, 4) is 5.75 Å². The highest BCUT2D eigenvalue weighted by Gasteiger charge is 2.20. The molecule has 0 heterocycles. The van der Waals surface area contributed by atoms with E-state index in [1.165, 1.54) is 0 Å². The molecule has 0 fully saturated rings. The highest BCUT2D eigenvalue weighted by molar-refractivity contribution is 5.88. The summed E-state index contributed by atoms with van der Waals surface area (Å²) in [5.74, 6) is -0.131. The first-order chi connectivity index (χ1) is 9.17. The minimum Gasteiger partial charge on any atom is -0.496 e. The number of hydrogen-bond acceptors (Lipinski definition) is 3. The zero-order chi connectivity index (χ0) is 13.8. The van der Waals surface area contributed by atoms with Crippen LogP contribution in [-0.4, -0.2) is 25.2 Å². The van der Waals surface area contributed by atoms with Crippen molar-refractivity contribution in [3.05, 3.63) is 42.0 Å².